The van der Waals surface area contributed by atoms with Gasteiger partial charge in [0.2, 0.25) is 0 Å². The smallest absolute Gasteiger partial charge is 0.195 e. The van der Waals surface area contributed by atoms with Crippen molar-refractivity contribution in [2.75, 3.05) is 0 Å². The molecule has 1 aromatic rings. The van der Waals surface area contributed by atoms with Crippen LogP contribution in [0.2, 0.25) is 0 Å². The molecular weight excluding hydrogens is 233 g/mol. The van der Waals surface area contributed by atoms with Crippen LogP contribution in [0.3, 0.4) is 0 Å². The van der Waals surface area contributed by atoms with E-state index in [4.69, 9.17) is 0 Å². The zero-order valence-electron chi connectivity index (χ0n) is 9.72. The summed E-state index contributed by atoms with van der Waals surface area (Å²) < 4.78 is 38.9. The highest BCUT2D eigenvalue weighted by molar-refractivity contribution is 6.00. The summed E-state index contributed by atoms with van der Waals surface area (Å²) in [4.78, 5) is 11.7. The second-order valence-corrected chi connectivity index (χ2v) is 4.86. The Balaban J connectivity index is 3.19. The van der Waals surface area contributed by atoms with Gasteiger partial charge in [-0.3, -0.25) is 4.79 Å². The molecule has 0 saturated heterocycles. The number of benzene rings is 1. The van der Waals surface area contributed by atoms with Crippen LogP contribution in [-0.2, 0) is 0 Å². The normalized spacial score (nSPS) is 13.6. The number of aliphatic hydroxyl groups is 1. The maximum atomic E-state index is 13.3. The summed E-state index contributed by atoms with van der Waals surface area (Å²) in [7, 11) is 0. The lowest BCUT2D eigenvalue weighted by molar-refractivity contribution is 0.0437. The molecule has 0 amide bonds. The van der Waals surface area contributed by atoms with Crippen molar-refractivity contribution in [1.29, 1.82) is 0 Å². The van der Waals surface area contributed by atoms with Crippen LogP contribution in [0.25, 0.3) is 0 Å². The lowest BCUT2D eigenvalue weighted by atomic mass is 9.84. The van der Waals surface area contributed by atoms with E-state index in [1.165, 1.54) is 0 Å². The molecule has 0 aliphatic carbocycles. The summed E-state index contributed by atoms with van der Waals surface area (Å²) in [5, 5.41) is 9.66. The Kier molecular flexibility index (Phi) is 3.62. The monoisotopic (exact) mass is 246 g/mol. The largest absolute Gasteiger partial charge is 0.384 e. The Morgan fingerprint density at radius 2 is 1.71 bits per heavy atom. The third-order valence-corrected chi connectivity index (χ3v) is 2.37. The molecular formula is C12H13F3O2. The predicted molar refractivity (Wildman–Crippen MR) is 56.1 cm³/mol. The third-order valence-electron chi connectivity index (χ3n) is 2.37. The van der Waals surface area contributed by atoms with Gasteiger partial charge in [0.25, 0.3) is 0 Å². The fraction of sp³-hybridized carbons (Fsp3) is 0.417. The predicted octanol–water partition coefficient (Wildman–Crippen LogP) is 2.69. The van der Waals surface area contributed by atoms with E-state index >= 15 is 0 Å². The number of aliphatic hydroxyl groups excluding tert-OH is 1. The number of ketones is 1. The molecule has 5 heteroatoms. The molecule has 0 fully saturated rings. The van der Waals surface area contributed by atoms with Gasteiger partial charge in [0, 0.05) is 0 Å². The summed E-state index contributed by atoms with van der Waals surface area (Å²) in [5.41, 5.74) is -1.46. The molecule has 0 radical (unpaired) electrons. The first-order valence-corrected chi connectivity index (χ1v) is 5.02. The second kappa shape index (κ2) is 4.49. The van der Waals surface area contributed by atoms with Crippen LogP contribution in [0, 0.1) is 22.9 Å². The third kappa shape index (κ3) is 2.66. The molecule has 1 atom stereocenters. The van der Waals surface area contributed by atoms with Crippen molar-refractivity contribution in [2.45, 2.75) is 26.9 Å². The first kappa shape index (κ1) is 13.7. The summed E-state index contributed by atoms with van der Waals surface area (Å²) in [6.45, 7) is 4.73. The van der Waals surface area contributed by atoms with Crippen molar-refractivity contribution in [3.05, 3.63) is 35.1 Å². The van der Waals surface area contributed by atoms with Gasteiger partial charge in [-0.2, -0.15) is 0 Å². The van der Waals surface area contributed by atoms with Crippen LogP contribution in [0.1, 0.15) is 31.1 Å². The van der Waals surface area contributed by atoms with Gasteiger partial charge in [0.05, 0.1) is 5.56 Å². The minimum absolute atomic E-state index is 0.647. The molecule has 0 aromatic heterocycles. The average Bonchev–Trinajstić information content (AvgIpc) is 2.23. The van der Waals surface area contributed by atoms with E-state index in [1.807, 2.05) is 0 Å². The maximum absolute atomic E-state index is 13.3. The van der Waals surface area contributed by atoms with Crippen LogP contribution in [-0.4, -0.2) is 17.0 Å². The molecule has 1 aromatic carbocycles. The lowest BCUT2D eigenvalue weighted by Gasteiger charge is -2.24. The van der Waals surface area contributed by atoms with Crippen molar-refractivity contribution in [3.63, 3.8) is 0 Å². The summed E-state index contributed by atoms with van der Waals surface area (Å²) in [6, 6.07) is 1.48. The Hall–Kier alpha value is -1.36. The zero-order chi connectivity index (χ0) is 13.4. The number of carbonyl (C=O) groups is 1. The Morgan fingerprint density at radius 1 is 1.18 bits per heavy atom. The maximum Gasteiger partial charge on any atom is 0.195 e. The van der Waals surface area contributed by atoms with Crippen LogP contribution in [0.5, 0.6) is 0 Å². The highest BCUT2D eigenvalue weighted by Gasteiger charge is 2.32. The second-order valence-electron chi connectivity index (χ2n) is 4.86. The highest BCUT2D eigenvalue weighted by Crippen LogP contribution is 2.24. The van der Waals surface area contributed by atoms with E-state index in [0.29, 0.717) is 6.07 Å². The summed E-state index contributed by atoms with van der Waals surface area (Å²) in [5.74, 6) is -5.62. The molecule has 2 nitrogen and oxygen atoms in total. The van der Waals surface area contributed by atoms with Crippen LogP contribution in [0.4, 0.5) is 13.2 Å². The van der Waals surface area contributed by atoms with E-state index in [0.717, 1.165) is 6.07 Å². The minimum Gasteiger partial charge on any atom is -0.384 e. The van der Waals surface area contributed by atoms with E-state index in [9.17, 15) is 23.1 Å². The highest BCUT2D eigenvalue weighted by atomic mass is 19.2. The molecule has 0 bridgehead atoms. The first-order valence-electron chi connectivity index (χ1n) is 5.02. The minimum atomic E-state index is -1.71. The van der Waals surface area contributed by atoms with Crippen molar-refractivity contribution < 1.29 is 23.1 Å². The lowest BCUT2D eigenvalue weighted by Crippen LogP contribution is -2.34. The topological polar surface area (TPSA) is 37.3 Å². The Morgan fingerprint density at radius 3 is 2.18 bits per heavy atom. The molecule has 1 rings (SSSR count). The van der Waals surface area contributed by atoms with Crippen LogP contribution >= 0.6 is 0 Å². The Labute approximate surface area is 97.1 Å². The van der Waals surface area contributed by atoms with Gasteiger partial charge in [-0.15, -0.1) is 0 Å². The molecule has 17 heavy (non-hydrogen) atoms. The van der Waals surface area contributed by atoms with E-state index < -0.39 is 40.3 Å². The average molecular weight is 246 g/mol. The quantitative estimate of drug-likeness (QED) is 0.643. The molecule has 1 N–H and O–H groups in total. The van der Waals surface area contributed by atoms with Crippen molar-refractivity contribution in [3.8, 4) is 0 Å². The zero-order valence-corrected chi connectivity index (χ0v) is 9.72. The fourth-order valence-electron chi connectivity index (χ4n) is 1.26. The van der Waals surface area contributed by atoms with Crippen LogP contribution < -0.4 is 0 Å². The van der Waals surface area contributed by atoms with Gasteiger partial charge >= 0.3 is 0 Å². The number of Topliss-reactive ketones (excluding diaryl/α,β-unsaturated/α-hetero) is 1. The van der Waals surface area contributed by atoms with Gasteiger partial charge in [-0.25, -0.2) is 13.2 Å². The molecule has 0 saturated carbocycles. The molecule has 1 unspecified atom stereocenters. The van der Waals surface area contributed by atoms with Gasteiger partial charge in [0.15, 0.2) is 23.2 Å². The number of carbonyl (C=O) groups excluding carboxylic acids is 1. The van der Waals surface area contributed by atoms with E-state index in [-0.39, 0.29) is 0 Å². The molecule has 0 spiro atoms. The van der Waals surface area contributed by atoms with Gasteiger partial charge < -0.3 is 5.11 Å². The molecule has 94 valence electrons. The van der Waals surface area contributed by atoms with E-state index in [2.05, 4.69) is 0 Å². The van der Waals surface area contributed by atoms with Crippen molar-refractivity contribution in [1.82, 2.24) is 0 Å². The number of hydrogen-bond donors (Lipinski definition) is 1. The molecule has 0 heterocycles. The van der Waals surface area contributed by atoms with Gasteiger partial charge in [0.1, 0.15) is 6.10 Å². The van der Waals surface area contributed by atoms with Gasteiger partial charge in [-0.1, -0.05) is 20.8 Å². The number of halogens is 3. The SMILES string of the molecule is CC(C)(C)C(O)C(=O)c1ccc(F)c(F)c1F. The first-order chi connectivity index (χ1) is 7.66. The number of hydrogen-bond acceptors (Lipinski definition) is 2. The molecule has 0 aliphatic heterocycles. The fourth-order valence-corrected chi connectivity index (χ4v) is 1.26. The standard InChI is InChI=1S/C12H13F3O2/c1-12(2,3)11(17)10(16)6-4-5-7(13)9(15)8(6)14/h4-5,11,17H,1-3H3. The van der Waals surface area contributed by atoms with Crippen LogP contribution in [0.15, 0.2) is 12.1 Å². The van der Waals surface area contributed by atoms with E-state index in [1.54, 1.807) is 20.8 Å². The van der Waals surface area contributed by atoms with Gasteiger partial charge in [-0.05, 0) is 17.5 Å². The molecule has 0 aliphatic rings. The van der Waals surface area contributed by atoms with Crippen molar-refractivity contribution >= 4 is 5.78 Å². The summed E-state index contributed by atoms with van der Waals surface area (Å²) >= 11 is 0. The Bertz CT molecular complexity index is 450. The number of rotatable bonds is 2. The summed E-state index contributed by atoms with van der Waals surface area (Å²) in [6.07, 6.45) is -1.48. The van der Waals surface area contributed by atoms with Crippen molar-refractivity contribution in [2.24, 2.45) is 5.41 Å².